The van der Waals surface area contributed by atoms with Crippen molar-refractivity contribution in [1.82, 2.24) is 0 Å². The summed E-state index contributed by atoms with van der Waals surface area (Å²) in [6, 6.07) is 1.78. The number of rotatable bonds is 3. The molecule has 5 heteroatoms. The van der Waals surface area contributed by atoms with E-state index in [1.807, 2.05) is 6.92 Å². The van der Waals surface area contributed by atoms with Crippen LogP contribution in [0.25, 0.3) is 0 Å². The Bertz CT molecular complexity index is 484. The zero-order valence-corrected chi connectivity index (χ0v) is 11.9. The summed E-state index contributed by atoms with van der Waals surface area (Å²) in [5.41, 5.74) is 1.03. The molecule has 0 radical (unpaired) electrons. The molecule has 0 fully saturated rings. The lowest BCUT2D eigenvalue weighted by Crippen LogP contribution is -2.27. The van der Waals surface area contributed by atoms with Gasteiger partial charge in [0, 0.05) is 6.42 Å². The van der Waals surface area contributed by atoms with Gasteiger partial charge in [0.25, 0.3) is 0 Å². The molecule has 1 unspecified atom stereocenters. The van der Waals surface area contributed by atoms with Gasteiger partial charge in [0.2, 0.25) is 0 Å². The molecule has 2 rings (SSSR count). The number of benzene rings is 1. The zero-order valence-electron chi connectivity index (χ0n) is 10.3. The lowest BCUT2D eigenvalue weighted by molar-refractivity contribution is 0.0232. The number of phenolic OH excluding ortho intramolecular Hbond substituents is 1. The van der Waals surface area contributed by atoms with Crippen molar-refractivity contribution in [3.8, 4) is 11.5 Å². The highest BCUT2D eigenvalue weighted by molar-refractivity contribution is 9.10. The van der Waals surface area contributed by atoms with Crippen LogP contribution in [0, 0.1) is 0 Å². The summed E-state index contributed by atoms with van der Waals surface area (Å²) >= 11 is 3.21. The molecule has 98 valence electrons. The predicted octanol–water partition coefficient (Wildman–Crippen LogP) is 3.04. The number of hydrogen-bond acceptors (Lipinski definition) is 4. The summed E-state index contributed by atoms with van der Waals surface area (Å²) in [5, 5.41) is 10.0. The van der Waals surface area contributed by atoms with Gasteiger partial charge in [-0.15, -0.1) is 0 Å². The second kappa shape index (κ2) is 5.18. The number of esters is 1. The number of carbonyl (C=O) groups is 1. The van der Waals surface area contributed by atoms with Gasteiger partial charge in [0.1, 0.15) is 27.6 Å². The van der Waals surface area contributed by atoms with Crippen LogP contribution in [0.2, 0.25) is 0 Å². The molecule has 1 aromatic carbocycles. The number of cyclic esters (lactones) is 1. The minimum atomic E-state index is -0.462. The van der Waals surface area contributed by atoms with Crippen molar-refractivity contribution in [1.29, 1.82) is 0 Å². The average Bonchev–Trinajstić information content (AvgIpc) is 2.33. The SMILES string of the molecule is CCCC1Cc2cc(OC)c(Br)c(O)c2C(=O)O1. The fraction of sp³-hybridized carbons (Fsp3) is 0.462. The van der Waals surface area contributed by atoms with Crippen molar-refractivity contribution in [2.45, 2.75) is 32.3 Å². The molecule has 1 N–H and O–H groups in total. The number of phenols is 1. The van der Waals surface area contributed by atoms with E-state index in [9.17, 15) is 9.90 Å². The first-order chi connectivity index (χ1) is 8.58. The van der Waals surface area contributed by atoms with Gasteiger partial charge in [0.15, 0.2) is 0 Å². The molecule has 0 saturated carbocycles. The van der Waals surface area contributed by atoms with Crippen molar-refractivity contribution in [2.75, 3.05) is 7.11 Å². The molecule has 0 spiro atoms. The fourth-order valence-electron chi connectivity index (χ4n) is 2.19. The van der Waals surface area contributed by atoms with Gasteiger partial charge in [-0.2, -0.15) is 0 Å². The molecule has 4 nitrogen and oxygen atoms in total. The number of methoxy groups -OCH3 is 1. The van der Waals surface area contributed by atoms with Crippen LogP contribution >= 0.6 is 15.9 Å². The molecular formula is C13H15BrO4. The maximum Gasteiger partial charge on any atom is 0.342 e. The third-order valence-electron chi connectivity index (χ3n) is 3.04. The first kappa shape index (κ1) is 13.2. The van der Waals surface area contributed by atoms with E-state index in [1.165, 1.54) is 7.11 Å². The highest BCUT2D eigenvalue weighted by Gasteiger charge is 2.31. The molecule has 0 amide bonds. The minimum absolute atomic E-state index is 0.107. The maximum absolute atomic E-state index is 11.9. The second-order valence-electron chi connectivity index (χ2n) is 4.30. The lowest BCUT2D eigenvalue weighted by Gasteiger charge is -2.25. The predicted molar refractivity (Wildman–Crippen MR) is 70.2 cm³/mol. The van der Waals surface area contributed by atoms with Gasteiger partial charge >= 0.3 is 5.97 Å². The van der Waals surface area contributed by atoms with Crippen molar-refractivity contribution in [3.05, 3.63) is 21.7 Å². The number of hydrogen-bond donors (Lipinski definition) is 1. The Morgan fingerprint density at radius 1 is 1.61 bits per heavy atom. The van der Waals surface area contributed by atoms with E-state index in [1.54, 1.807) is 6.07 Å². The van der Waals surface area contributed by atoms with E-state index in [2.05, 4.69) is 15.9 Å². The van der Waals surface area contributed by atoms with E-state index < -0.39 is 5.97 Å². The molecule has 18 heavy (non-hydrogen) atoms. The van der Waals surface area contributed by atoms with Crippen LogP contribution in [0.1, 0.15) is 35.7 Å². The van der Waals surface area contributed by atoms with Crippen molar-refractivity contribution >= 4 is 21.9 Å². The van der Waals surface area contributed by atoms with Crippen LogP contribution in [-0.4, -0.2) is 24.3 Å². The molecule has 0 bridgehead atoms. The number of ether oxygens (including phenoxy) is 2. The Hall–Kier alpha value is -1.23. The number of carbonyl (C=O) groups excluding carboxylic acids is 1. The van der Waals surface area contributed by atoms with Crippen molar-refractivity contribution in [3.63, 3.8) is 0 Å². The van der Waals surface area contributed by atoms with Crippen LogP contribution in [0.15, 0.2) is 10.5 Å². The Morgan fingerprint density at radius 3 is 2.94 bits per heavy atom. The summed E-state index contributed by atoms with van der Waals surface area (Å²) in [7, 11) is 1.52. The van der Waals surface area contributed by atoms with Crippen LogP contribution < -0.4 is 4.74 Å². The van der Waals surface area contributed by atoms with Gasteiger partial charge in [0.05, 0.1) is 7.11 Å². The third-order valence-corrected chi connectivity index (χ3v) is 3.81. The Labute approximate surface area is 114 Å². The summed E-state index contributed by atoms with van der Waals surface area (Å²) in [6.07, 6.45) is 2.28. The van der Waals surface area contributed by atoms with Gasteiger partial charge in [-0.25, -0.2) is 4.79 Å². The first-order valence-corrected chi connectivity index (χ1v) is 6.67. The Morgan fingerprint density at radius 2 is 2.33 bits per heavy atom. The molecule has 0 aromatic heterocycles. The van der Waals surface area contributed by atoms with Crippen molar-refractivity contribution in [2.24, 2.45) is 0 Å². The second-order valence-corrected chi connectivity index (χ2v) is 5.09. The van der Waals surface area contributed by atoms with Gasteiger partial charge < -0.3 is 14.6 Å². The maximum atomic E-state index is 11.9. The molecule has 1 atom stereocenters. The number of aromatic hydroxyl groups is 1. The first-order valence-electron chi connectivity index (χ1n) is 5.87. The number of halogens is 1. The molecule has 1 aliphatic rings. The van der Waals surface area contributed by atoms with Crippen molar-refractivity contribution < 1.29 is 19.4 Å². The van der Waals surface area contributed by atoms with Crippen LogP contribution in [0.4, 0.5) is 0 Å². The smallest absolute Gasteiger partial charge is 0.342 e. The van der Waals surface area contributed by atoms with Gasteiger partial charge in [-0.3, -0.25) is 0 Å². The molecule has 0 saturated heterocycles. The Kier molecular flexibility index (Phi) is 3.80. The van der Waals surface area contributed by atoms with Crippen LogP contribution in [0.3, 0.4) is 0 Å². The standard InChI is InChI=1S/C13H15BrO4/c1-3-4-8-5-7-6-9(17-2)11(14)12(15)10(7)13(16)18-8/h6,8,15H,3-5H2,1-2H3. The van der Waals surface area contributed by atoms with Crippen LogP contribution in [-0.2, 0) is 11.2 Å². The Balaban J connectivity index is 2.47. The normalized spacial score (nSPS) is 18.2. The van der Waals surface area contributed by atoms with E-state index in [4.69, 9.17) is 9.47 Å². The lowest BCUT2D eigenvalue weighted by atomic mass is 9.95. The third kappa shape index (κ3) is 2.19. The highest BCUT2D eigenvalue weighted by atomic mass is 79.9. The summed E-state index contributed by atoms with van der Waals surface area (Å²) in [4.78, 5) is 11.9. The molecule has 1 heterocycles. The zero-order chi connectivity index (χ0) is 13.3. The molecular weight excluding hydrogens is 300 g/mol. The van der Waals surface area contributed by atoms with E-state index >= 15 is 0 Å². The average molecular weight is 315 g/mol. The van der Waals surface area contributed by atoms with E-state index in [-0.39, 0.29) is 17.4 Å². The van der Waals surface area contributed by atoms with Gasteiger partial charge in [-0.05, 0) is 34.0 Å². The van der Waals surface area contributed by atoms with Crippen LogP contribution in [0.5, 0.6) is 11.5 Å². The molecule has 1 aromatic rings. The quantitative estimate of drug-likeness (QED) is 0.871. The topological polar surface area (TPSA) is 55.8 Å². The summed E-state index contributed by atoms with van der Waals surface area (Å²) in [5.74, 6) is -0.0453. The number of fused-ring (bicyclic) bond motifs is 1. The highest BCUT2D eigenvalue weighted by Crippen LogP contribution is 2.41. The van der Waals surface area contributed by atoms with Gasteiger partial charge in [-0.1, -0.05) is 13.3 Å². The monoisotopic (exact) mass is 314 g/mol. The molecule has 0 aliphatic carbocycles. The molecule has 1 aliphatic heterocycles. The van der Waals surface area contributed by atoms with E-state index in [0.717, 1.165) is 18.4 Å². The summed E-state index contributed by atoms with van der Waals surface area (Å²) in [6.45, 7) is 2.04. The minimum Gasteiger partial charge on any atom is -0.506 e. The largest absolute Gasteiger partial charge is 0.506 e. The summed E-state index contributed by atoms with van der Waals surface area (Å²) < 4.78 is 10.8. The fourth-order valence-corrected chi connectivity index (χ4v) is 2.66. The van der Waals surface area contributed by atoms with E-state index in [0.29, 0.717) is 16.6 Å².